The highest BCUT2D eigenvalue weighted by atomic mass is 32.2. The van der Waals surface area contributed by atoms with E-state index in [1.165, 1.54) is 0 Å². The first-order chi connectivity index (χ1) is 12.1. The molecule has 3 rings (SSSR count). The topological polar surface area (TPSA) is 93.5 Å². The molecule has 0 spiro atoms. The molecular weight excluding hydrogens is 338 g/mol. The summed E-state index contributed by atoms with van der Waals surface area (Å²) in [5.74, 6) is 0.416. The van der Waals surface area contributed by atoms with E-state index < -0.39 is 0 Å². The van der Waals surface area contributed by atoms with Crippen LogP contribution in [0.15, 0.2) is 47.4 Å². The first-order valence-electron chi connectivity index (χ1n) is 7.57. The minimum Gasteiger partial charge on any atom is -0.496 e. The predicted octanol–water partition coefficient (Wildman–Crippen LogP) is 3.21. The van der Waals surface area contributed by atoms with Crippen molar-refractivity contribution in [1.29, 1.82) is 0 Å². The fourth-order valence-corrected chi connectivity index (χ4v) is 3.11. The number of carbonyl (C=O) groups is 2. The summed E-state index contributed by atoms with van der Waals surface area (Å²) < 4.78 is 5.34. The summed E-state index contributed by atoms with van der Waals surface area (Å²) in [6, 6.07) is 13.1. The number of para-hydroxylation sites is 1. The molecular formula is C18H17N3O3S. The summed E-state index contributed by atoms with van der Waals surface area (Å²) in [4.78, 5) is 23.3. The van der Waals surface area contributed by atoms with Crippen LogP contribution < -0.4 is 21.1 Å². The van der Waals surface area contributed by atoms with Gasteiger partial charge in [0.2, 0.25) is 0 Å². The lowest BCUT2D eigenvalue weighted by Gasteiger charge is -2.13. The van der Waals surface area contributed by atoms with E-state index in [9.17, 15) is 9.59 Å². The number of thioether (sulfide) groups is 1. The second kappa shape index (κ2) is 7.31. The molecule has 0 atom stereocenters. The standard InChI is InChI=1S/C18H17N3O3S/c1-24-15-5-3-2-4-12(15)10-20-14-8-11(6-7-13(14)19)9-16-17(22)21-18(23)25-16/h2-9,20H,10,19H2,1H3,(H,21,22,23). The predicted molar refractivity (Wildman–Crippen MR) is 100 cm³/mol. The Hall–Kier alpha value is -2.93. The number of amides is 2. The molecule has 1 heterocycles. The number of anilines is 2. The number of nitrogens with one attached hydrogen (secondary N) is 2. The van der Waals surface area contributed by atoms with Crippen LogP contribution in [0.4, 0.5) is 16.2 Å². The summed E-state index contributed by atoms with van der Waals surface area (Å²) in [7, 11) is 1.63. The molecule has 0 aromatic heterocycles. The highest BCUT2D eigenvalue weighted by Gasteiger charge is 2.24. The van der Waals surface area contributed by atoms with Gasteiger partial charge in [-0.3, -0.25) is 14.9 Å². The number of nitrogens with two attached hydrogens (primary N) is 1. The minimum atomic E-state index is -0.379. The number of carbonyl (C=O) groups excluding carboxylic acids is 2. The van der Waals surface area contributed by atoms with Crippen molar-refractivity contribution in [3.63, 3.8) is 0 Å². The Labute approximate surface area is 149 Å². The lowest BCUT2D eigenvalue weighted by molar-refractivity contribution is -0.115. The van der Waals surface area contributed by atoms with Crippen LogP contribution in [0.2, 0.25) is 0 Å². The molecule has 2 amide bonds. The monoisotopic (exact) mass is 355 g/mol. The molecule has 1 aliphatic rings. The molecule has 6 nitrogen and oxygen atoms in total. The highest BCUT2D eigenvalue weighted by Crippen LogP contribution is 2.28. The molecule has 1 fully saturated rings. The van der Waals surface area contributed by atoms with Gasteiger partial charge in [-0.1, -0.05) is 24.3 Å². The number of methoxy groups -OCH3 is 1. The Balaban J connectivity index is 1.79. The summed E-state index contributed by atoms with van der Waals surface area (Å²) in [6.07, 6.45) is 1.67. The lowest BCUT2D eigenvalue weighted by atomic mass is 10.1. The summed E-state index contributed by atoms with van der Waals surface area (Å²) in [6.45, 7) is 0.544. The van der Waals surface area contributed by atoms with E-state index in [2.05, 4.69) is 10.6 Å². The zero-order chi connectivity index (χ0) is 17.8. The van der Waals surface area contributed by atoms with Gasteiger partial charge in [0, 0.05) is 12.1 Å². The molecule has 4 N–H and O–H groups in total. The molecule has 1 aliphatic heterocycles. The number of hydrogen-bond donors (Lipinski definition) is 3. The zero-order valence-corrected chi connectivity index (χ0v) is 14.4. The third-order valence-corrected chi connectivity index (χ3v) is 4.49. The Morgan fingerprint density at radius 3 is 2.76 bits per heavy atom. The maximum absolute atomic E-state index is 11.6. The van der Waals surface area contributed by atoms with Crippen molar-refractivity contribution in [2.45, 2.75) is 6.54 Å². The highest BCUT2D eigenvalue weighted by molar-refractivity contribution is 8.18. The van der Waals surface area contributed by atoms with E-state index >= 15 is 0 Å². The maximum Gasteiger partial charge on any atom is 0.290 e. The Kier molecular flexibility index (Phi) is 4.95. The number of ether oxygens (including phenoxy) is 1. The third-order valence-electron chi connectivity index (χ3n) is 3.68. The van der Waals surface area contributed by atoms with Crippen LogP contribution in [0.3, 0.4) is 0 Å². The normalized spacial score (nSPS) is 15.3. The zero-order valence-electron chi connectivity index (χ0n) is 13.5. The van der Waals surface area contributed by atoms with E-state index in [4.69, 9.17) is 10.5 Å². The quantitative estimate of drug-likeness (QED) is 0.563. The lowest BCUT2D eigenvalue weighted by Crippen LogP contribution is -2.17. The average molecular weight is 355 g/mol. The number of imide groups is 1. The van der Waals surface area contributed by atoms with Gasteiger partial charge in [0.15, 0.2) is 0 Å². The fourth-order valence-electron chi connectivity index (χ4n) is 2.43. The molecule has 128 valence electrons. The van der Waals surface area contributed by atoms with Crippen LogP contribution in [-0.2, 0) is 11.3 Å². The molecule has 2 aromatic rings. The smallest absolute Gasteiger partial charge is 0.290 e. The molecule has 0 aliphatic carbocycles. The van der Waals surface area contributed by atoms with Gasteiger partial charge in [0.05, 0.1) is 23.4 Å². The molecule has 25 heavy (non-hydrogen) atoms. The van der Waals surface area contributed by atoms with E-state index in [1.54, 1.807) is 25.3 Å². The SMILES string of the molecule is COc1ccccc1CNc1cc(C=C2SC(=O)NC2=O)ccc1N. The molecule has 2 aromatic carbocycles. The minimum absolute atomic E-state index is 0.360. The summed E-state index contributed by atoms with van der Waals surface area (Å²) in [5, 5.41) is 5.16. The van der Waals surface area contributed by atoms with Crippen molar-refractivity contribution in [3.8, 4) is 5.75 Å². The van der Waals surface area contributed by atoms with Crippen LogP contribution in [0.25, 0.3) is 6.08 Å². The number of hydrogen-bond acceptors (Lipinski definition) is 6. The van der Waals surface area contributed by atoms with Crippen molar-refractivity contribution in [1.82, 2.24) is 5.32 Å². The molecule has 7 heteroatoms. The molecule has 0 bridgehead atoms. The van der Waals surface area contributed by atoms with E-state index in [0.29, 0.717) is 17.1 Å². The Bertz CT molecular complexity index is 864. The van der Waals surface area contributed by atoms with Crippen LogP contribution in [0.1, 0.15) is 11.1 Å². The van der Waals surface area contributed by atoms with Gasteiger partial charge >= 0.3 is 0 Å². The van der Waals surface area contributed by atoms with Crippen molar-refractivity contribution in [2.24, 2.45) is 0 Å². The molecule has 1 saturated heterocycles. The number of benzene rings is 2. The van der Waals surface area contributed by atoms with Crippen LogP contribution in [-0.4, -0.2) is 18.3 Å². The van der Waals surface area contributed by atoms with E-state index in [0.717, 1.165) is 34.3 Å². The van der Waals surface area contributed by atoms with E-state index in [-0.39, 0.29) is 11.1 Å². The Morgan fingerprint density at radius 1 is 1.24 bits per heavy atom. The number of nitrogen functional groups attached to an aromatic ring is 1. The molecule has 0 radical (unpaired) electrons. The fraction of sp³-hybridized carbons (Fsp3) is 0.111. The first kappa shape index (κ1) is 16.9. The Morgan fingerprint density at radius 2 is 2.04 bits per heavy atom. The van der Waals surface area contributed by atoms with Crippen LogP contribution >= 0.6 is 11.8 Å². The summed E-state index contributed by atoms with van der Waals surface area (Å²) >= 11 is 0.887. The van der Waals surface area contributed by atoms with Gasteiger partial charge in [0.25, 0.3) is 11.1 Å². The summed E-state index contributed by atoms with van der Waals surface area (Å²) in [5.41, 5.74) is 9.15. The van der Waals surface area contributed by atoms with Crippen molar-refractivity contribution >= 4 is 40.4 Å². The number of rotatable bonds is 5. The third kappa shape index (κ3) is 3.95. The first-order valence-corrected chi connectivity index (χ1v) is 8.38. The second-order valence-electron chi connectivity index (χ2n) is 5.36. The van der Waals surface area contributed by atoms with Crippen molar-refractivity contribution in [2.75, 3.05) is 18.2 Å². The largest absolute Gasteiger partial charge is 0.496 e. The van der Waals surface area contributed by atoms with Gasteiger partial charge in [-0.25, -0.2) is 0 Å². The van der Waals surface area contributed by atoms with Crippen molar-refractivity contribution in [3.05, 3.63) is 58.5 Å². The van der Waals surface area contributed by atoms with Gasteiger partial charge in [0.1, 0.15) is 5.75 Å². The molecule has 0 unspecified atom stereocenters. The van der Waals surface area contributed by atoms with Crippen LogP contribution in [0, 0.1) is 0 Å². The second-order valence-corrected chi connectivity index (χ2v) is 6.38. The van der Waals surface area contributed by atoms with Crippen molar-refractivity contribution < 1.29 is 14.3 Å². The molecule has 0 saturated carbocycles. The average Bonchev–Trinajstić information content (AvgIpc) is 2.92. The van der Waals surface area contributed by atoms with Gasteiger partial charge in [-0.15, -0.1) is 0 Å². The van der Waals surface area contributed by atoms with Gasteiger partial charge in [-0.05, 0) is 41.6 Å². The maximum atomic E-state index is 11.6. The van der Waals surface area contributed by atoms with Crippen LogP contribution in [0.5, 0.6) is 5.75 Å². The van der Waals surface area contributed by atoms with Gasteiger partial charge < -0.3 is 15.8 Å². The van der Waals surface area contributed by atoms with E-state index in [1.807, 2.05) is 30.3 Å². The van der Waals surface area contributed by atoms with Gasteiger partial charge in [-0.2, -0.15) is 0 Å².